The molecule has 0 bridgehead atoms. The molecule has 0 saturated heterocycles. The SMILES string of the molecule is CCCc1cccc(OCC)n1. The van der Waals surface area contributed by atoms with Crippen molar-refractivity contribution < 1.29 is 4.74 Å². The van der Waals surface area contributed by atoms with E-state index in [0.29, 0.717) is 6.61 Å². The van der Waals surface area contributed by atoms with Crippen LogP contribution in [0.3, 0.4) is 0 Å². The van der Waals surface area contributed by atoms with E-state index in [2.05, 4.69) is 11.9 Å². The van der Waals surface area contributed by atoms with E-state index in [1.165, 1.54) is 0 Å². The van der Waals surface area contributed by atoms with E-state index in [9.17, 15) is 0 Å². The molecule has 1 rings (SSSR count). The minimum absolute atomic E-state index is 0.683. The maximum atomic E-state index is 5.28. The van der Waals surface area contributed by atoms with Crippen molar-refractivity contribution in [2.45, 2.75) is 26.7 Å². The van der Waals surface area contributed by atoms with Crippen molar-refractivity contribution in [2.24, 2.45) is 0 Å². The molecule has 0 atom stereocenters. The predicted molar refractivity (Wildman–Crippen MR) is 49.4 cm³/mol. The number of hydrogen-bond donors (Lipinski definition) is 0. The molecule has 0 amide bonds. The zero-order chi connectivity index (χ0) is 8.81. The second kappa shape index (κ2) is 4.75. The summed E-state index contributed by atoms with van der Waals surface area (Å²) in [4.78, 5) is 4.33. The monoisotopic (exact) mass is 165 g/mol. The maximum absolute atomic E-state index is 5.28. The summed E-state index contributed by atoms with van der Waals surface area (Å²) in [6.07, 6.45) is 2.16. The van der Waals surface area contributed by atoms with Gasteiger partial charge in [0.15, 0.2) is 0 Å². The van der Waals surface area contributed by atoms with Crippen molar-refractivity contribution in [3.05, 3.63) is 23.9 Å². The topological polar surface area (TPSA) is 22.1 Å². The Morgan fingerprint density at radius 1 is 1.33 bits per heavy atom. The molecule has 0 aromatic carbocycles. The molecule has 1 aromatic rings. The second-order valence-corrected chi connectivity index (χ2v) is 2.65. The smallest absolute Gasteiger partial charge is 0.213 e. The van der Waals surface area contributed by atoms with Gasteiger partial charge in [0.25, 0.3) is 0 Å². The predicted octanol–water partition coefficient (Wildman–Crippen LogP) is 2.43. The summed E-state index contributed by atoms with van der Waals surface area (Å²) in [7, 11) is 0. The molecule has 0 unspecified atom stereocenters. The van der Waals surface area contributed by atoms with E-state index in [4.69, 9.17) is 4.74 Å². The Bertz CT molecular complexity index is 214. The number of nitrogens with zero attached hydrogens (tertiary/aromatic N) is 1. The fraction of sp³-hybridized carbons (Fsp3) is 0.500. The Balaban J connectivity index is 2.67. The van der Waals surface area contributed by atoms with E-state index >= 15 is 0 Å². The molecule has 0 spiro atoms. The molecule has 0 saturated carbocycles. The van der Waals surface area contributed by atoms with E-state index in [1.807, 2.05) is 25.1 Å². The van der Waals surface area contributed by atoms with Gasteiger partial charge in [-0.1, -0.05) is 19.4 Å². The van der Waals surface area contributed by atoms with Gasteiger partial charge in [0.05, 0.1) is 6.61 Å². The second-order valence-electron chi connectivity index (χ2n) is 2.65. The zero-order valence-electron chi connectivity index (χ0n) is 7.71. The lowest BCUT2D eigenvalue weighted by molar-refractivity contribution is 0.326. The van der Waals surface area contributed by atoms with Gasteiger partial charge in [-0.2, -0.15) is 0 Å². The molecular formula is C10H15NO. The molecule has 0 aliphatic rings. The fourth-order valence-corrected chi connectivity index (χ4v) is 1.08. The van der Waals surface area contributed by atoms with Crippen LogP contribution in [0.1, 0.15) is 26.0 Å². The lowest BCUT2D eigenvalue weighted by Gasteiger charge is -2.03. The molecule has 0 aliphatic carbocycles. The number of hydrogen-bond acceptors (Lipinski definition) is 2. The normalized spacial score (nSPS) is 9.83. The molecule has 12 heavy (non-hydrogen) atoms. The van der Waals surface area contributed by atoms with E-state index in [1.54, 1.807) is 0 Å². The molecule has 0 fully saturated rings. The third kappa shape index (κ3) is 2.53. The quantitative estimate of drug-likeness (QED) is 0.683. The third-order valence-corrected chi connectivity index (χ3v) is 1.58. The molecule has 0 N–H and O–H groups in total. The number of aromatic nitrogens is 1. The third-order valence-electron chi connectivity index (χ3n) is 1.58. The van der Waals surface area contributed by atoms with Crippen LogP contribution in [0.2, 0.25) is 0 Å². The zero-order valence-corrected chi connectivity index (χ0v) is 7.71. The van der Waals surface area contributed by atoms with Crippen molar-refractivity contribution >= 4 is 0 Å². The van der Waals surface area contributed by atoms with Crippen LogP contribution in [-0.2, 0) is 6.42 Å². The first-order chi connectivity index (χ1) is 5.86. The summed E-state index contributed by atoms with van der Waals surface area (Å²) < 4.78 is 5.28. The van der Waals surface area contributed by atoms with Crippen LogP contribution in [0, 0.1) is 0 Å². The van der Waals surface area contributed by atoms with Crippen molar-refractivity contribution in [1.82, 2.24) is 4.98 Å². The largest absolute Gasteiger partial charge is 0.478 e. The minimum Gasteiger partial charge on any atom is -0.478 e. The van der Waals surface area contributed by atoms with E-state index in [0.717, 1.165) is 24.4 Å². The van der Waals surface area contributed by atoms with Gasteiger partial charge >= 0.3 is 0 Å². The average Bonchev–Trinajstić information content (AvgIpc) is 2.06. The summed E-state index contributed by atoms with van der Waals surface area (Å²) in [6, 6.07) is 5.91. The Kier molecular flexibility index (Phi) is 3.58. The van der Waals surface area contributed by atoms with Crippen LogP contribution in [0.5, 0.6) is 5.88 Å². The molecule has 2 heteroatoms. The Morgan fingerprint density at radius 2 is 2.17 bits per heavy atom. The molecule has 66 valence electrons. The van der Waals surface area contributed by atoms with Crippen LogP contribution in [-0.4, -0.2) is 11.6 Å². The summed E-state index contributed by atoms with van der Waals surface area (Å²) in [5.41, 5.74) is 1.11. The standard InChI is InChI=1S/C10H15NO/c1-3-6-9-7-5-8-10(11-9)12-4-2/h5,7-8H,3-4,6H2,1-2H3. The first-order valence-corrected chi connectivity index (χ1v) is 4.45. The van der Waals surface area contributed by atoms with Gasteiger partial charge < -0.3 is 4.74 Å². The summed E-state index contributed by atoms with van der Waals surface area (Å²) in [5, 5.41) is 0. The van der Waals surface area contributed by atoms with Gasteiger partial charge in [-0.3, -0.25) is 0 Å². The number of rotatable bonds is 4. The van der Waals surface area contributed by atoms with Gasteiger partial charge in [0.1, 0.15) is 0 Å². The van der Waals surface area contributed by atoms with Gasteiger partial charge in [-0.15, -0.1) is 0 Å². The first kappa shape index (κ1) is 9.04. The fourth-order valence-electron chi connectivity index (χ4n) is 1.08. The van der Waals surface area contributed by atoms with Crippen LogP contribution in [0.15, 0.2) is 18.2 Å². The van der Waals surface area contributed by atoms with E-state index in [-0.39, 0.29) is 0 Å². The first-order valence-electron chi connectivity index (χ1n) is 4.45. The van der Waals surface area contributed by atoms with Gasteiger partial charge in [0.2, 0.25) is 5.88 Å². The van der Waals surface area contributed by atoms with E-state index < -0.39 is 0 Å². The van der Waals surface area contributed by atoms with Gasteiger partial charge in [-0.05, 0) is 19.4 Å². The minimum atomic E-state index is 0.683. The highest BCUT2D eigenvalue weighted by atomic mass is 16.5. The lowest BCUT2D eigenvalue weighted by atomic mass is 10.2. The van der Waals surface area contributed by atoms with Gasteiger partial charge in [-0.25, -0.2) is 4.98 Å². The maximum Gasteiger partial charge on any atom is 0.213 e. The number of aryl methyl sites for hydroxylation is 1. The van der Waals surface area contributed by atoms with Crippen LogP contribution >= 0.6 is 0 Å². The Labute approximate surface area is 73.6 Å². The average molecular weight is 165 g/mol. The van der Waals surface area contributed by atoms with Crippen LogP contribution < -0.4 is 4.74 Å². The van der Waals surface area contributed by atoms with Crippen molar-refractivity contribution in [1.29, 1.82) is 0 Å². The summed E-state index contributed by atoms with van der Waals surface area (Å²) in [5.74, 6) is 0.739. The highest BCUT2D eigenvalue weighted by Gasteiger charge is 1.95. The number of pyridine rings is 1. The van der Waals surface area contributed by atoms with Crippen molar-refractivity contribution in [3.63, 3.8) is 0 Å². The highest BCUT2D eigenvalue weighted by Crippen LogP contribution is 2.08. The van der Waals surface area contributed by atoms with Crippen molar-refractivity contribution in [2.75, 3.05) is 6.61 Å². The Hall–Kier alpha value is -1.05. The molecule has 0 radical (unpaired) electrons. The highest BCUT2D eigenvalue weighted by molar-refractivity contribution is 5.15. The van der Waals surface area contributed by atoms with Crippen LogP contribution in [0.25, 0.3) is 0 Å². The van der Waals surface area contributed by atoms with Crippen LogP contribution in [0.4, 0.5) is 0 Å². The summed E-state index contributed by atoms with van der Waals surface area (Å²) >= 11 is 0. The number of ether oxygens (including phenoxy) is 1. The van der Waals surface area contributed by atoms with Crippen molar-refractivity contribution in [3.8, 4) is 5.88 Å². The molecule has 1 heterocycles. The molecular weight excluding hydrogens is 150 g/mol. The lowest BCUT2D eigenvalue weighted by Crippen LogP contribution is -1.96. The Morgan fingerprint density at radius 3 is 2.83 bits per heavy atom. The molecule has 0 aliphatic heterocycles. The molecule has 2 nitrogen and oxygen atoms in total. The van der Waals surface area contributed by atoms with Gasteiger partial charge in [0, 0.05) is 11.8 Å². The summed E-state index contributed by atoms with van der Waals surface area (Å²) in [6.45, 7) is 4.80. The molecule has 1 aromatic heterocycles.